The molecule has 0 saturated heterocycles. The van der Waals surface area contributed by atoms with Crippen molar-refractivity contribution in [3.8, 4) is 0 Å². The Labute approximate surface area is 131 Å². The molecule has 0 aliphatic carbocycles. The highest BCUT2D eigenvalue weighted by molar-refractivity contribution is 9.11. The SMILES string of the molecule is CNc1ccc(C(=O)NCCc2ccc(Br)s2)c(C)c1. The number of aryl methyl sites for hydroxylation is 1. The van der Waals surface area contributed by atoms with Gasteiger partial charge < -0.3 is 10.6 Å². The molecular weight excluding hydrogens is 336 g/mol. The van der Waals surface area contributed by atoms with Gasteiger partial charge in [-0.05, 0) is 65.2 Å². The van der Waals surface area contributed by atoms with Crippen LogP contribution in [0.4, 0.5) is 5.69 Å². The molecule has 20 heavy (non-hydrogen) atoms. The molecule has 0 aliphatic heterocycles. The summed E-state index contributed by atoms with van der Waals surface area (Å²) in [5.74, 6) is -0.0132. The van der Waals surface area contributed by atoms with Crippen molar-refractivity contribution >= 4 is 38.9 Å². The molecule has 0 aliphatic rings. The predicted octanol–water partition coefficient (Wildman–Crippen LogP) is 3.83. The third-order valence-corrected chi connectivity index (χ3v) is 4.73. The maximum Gasteiger partial charge on any atom is 0.251 e. The molecule has 0 unspecified atom stereocenters. The van der Waals surface area contributed by atoms with Gasteiger partial charge in [0.2, 0.25) is 0 Å². The summed E-state index contributed by atoms with van der Waals surface area (Å²) in [6.45, 7) is 2.60. The number of hydrogen-bond acceptors (Lipinski definition) is 3. The van der Waals surface area contributed by atoms with Crippen LogP contribution in [-0.4, -0.2) is 19.5 Å². The number of carbonyl (C=O) groups excluding carboxylic acids is 1. The molecule has 2 aromatic rings. The molecule has 2 rings (SSSR count). The van der Waals surface area contributed by atoms with E-state index in [1.807, 2.05) is 38.2 Å². The lowest BCUT2D eigenvalue weighted by Crippen LogP contribution is -2.26. The first-order valence-electron chi connectivity index (χ1n) is 6.41. The van der Waals surface area contributed by atoms with E-state index < -0.39 is 0 Å². The minimum Gasteiger partial charge on any atom is -0.388 e. The summed E-state index contributed by atoms with van der Waals surface area (Å²) in [7, 11) is 1.87. The van der Waals surface area contributed by atoms with Crippen molar-refractivity contribution in [3.63, 3.8) is 0 Å². The van der Waals surface area contributed by atoms with E-state index in [4.69, 9.17) is 0 Å². The van der Waals surface area contributed by atoms with Gasteiger partial charge in [-0.2, -0.15) is 0 Å². The average molecular weight is 353 g/mol. The zero-order valence-corrected chi connectivity index (χ0v) is 13.9. The zero-order chi connectivity index (χ0) is 14.5. The van der Waals surface area contributed by atoms with Gasteiger partial charge in [-0.1, -0.05) is 0 Å². The van der Waals surface area contributed by atoms with Crippen LogP contribution in [0.25, 0.3) is 0 Å². The number of nitrogens with one attached hydrogen (secondary N) is 2. The molecule has 0 atom stereocenters. The Bertz CT molecular complexity index is 610. The second-order valence-electron chi connectivity index (χ2n) is 4.49. The number of amides is 1. The van der Waals surface area contributed by atoms with Crippen molar-refractivity contribution in [1.82, 2.24) is 5.32 Å². The second-order valence-corrected chi connectivity index (χ2v) is 7.04. The normalized spacial score (nSPS) is 10.3. The Hall–Kier alpha value is -1.33. The van der Waals surface area contributed by atoms with Crippen molar-refractivity contribution in [2.45, 2.75) is 13.3 Å². The van der Waals surface area contributed by atoms with Crippen LogP contribution in [0.15, 0.2) is 34.1 Å². The Balaban J connectivity index is 1.91. The van der Waals surface area contributed by atoms with E-state index in [2.05, 4.69) is 32.6 Å². The fourth-order valence-electron chi connectivity index (χ4n) is 1.95. The van der Waals surface area contributed by atoms with Crippen LogP contribution in [0.5, 0.6) is 0 Å². The summed E-state index contributed by atoms with van der Waals surface area (Å²) in [6.07, 6.45) is 0.857. The third-order valence-electron chi connectivity index (χ3n) is 3.05. The van der Waals surface area contributed by atoms with E-state index in [1.165, 1.54) is 4.88 Å². The van der Waals surface area contributed by atoms with Crippen LogP contribution in [0.1, 0.15) is 20.8 Å². The standard InChI is InChI=1S/C15H17BrN2OS/c1-10-9-11(17-2)3-5-13(10)15(19)18-8-7-12-4-6-14(16)20-12/h3-6,9,17H,7-8H2,1-2H3,(H,18,19). The first-order valence-corrected chi connectivity index (χ1v) is 8.02. The molecule has 106 valence electrons. The Kier molecular flexibility index (Phi) is 5.20. The van der Waals surface area contributed by atoms with Gasteiger partial charge >= 0.3 is 0 Å². The lowest BCUT2D eigenvalue weighted by atomic mass is 10.1. The molecule has 0 bridgehead atoms. The molecule has 1 aromatic carbocycles. The van der Waals surface area contributed by atoms with E-state index in [1.54, 1.807) is 11.3 Å². The van der Waals surface area contributed by atoms with Gasteiger partial charge in [0.1, 0.15) is 0 Å². The van der Waals surface area contributed by atoms with Crippen LogP contribution in [0, 0.1) is 6.92 Å². The summed E-state index contributed by atoms with van der Waals surface area (Å²) < 4.78 is 1.12. The van der Waals surface area contributed by atoms with Crippen molar-refractivity contribution in [3.05, 3.63) is 50.1 Å². The minimum absolute atomic E-state index is 0.0132. The highest BCUT2D eigenvalue weighted by Gasteiger charge is 2.09. The number of carbonyl (C=O) groups is 1. The number of thiophene rings is 1. The van der Waals surface area contributed by atoms with Crippen molar-refractivity contribution < 1.29 is 4.79 Å². The summed E-state index contributed by atoms with van der Waals surface area (Å²) in [5.41, 5.74) is 2.73. The Morgan fingerprint density at radius 1 is 1.30 bits per heavy atom. The maximum absolute atomic E-state index is 12.1. The molecule has 1 amide bonds. The Morgan fingerprint density at radius 3 is 2.70 bits per heavy atom. The van der Waals surface area contributed by atoms with E-state index in [-0.39, 0.29) is 5.91 Å². The maximum atomic E-state index is 12.1. The van der Waals surface area contributed by atoms with E-state index >= 15 is 0 Å². The summed E-state index contributed by atoms with van der Waals surface area (Å²) >= 11 is 5.14. The summed E-state index contributed by atoms with van der Waals surface area (Å²) in [5, 5.41) is 6.03. The fourth-order valence-corrected chi connectivity index (χ4v) is 3.44. The molecule has 5 heteroatoms. The van der Waals surface area contributed by atoms with Gasteiger partial charge in [0, 0.05) is 29.7 Å². The zero-order valence-electron chi connectivity index (χ0n) is 11.5. The first-order chi connectivity index (χ1) is 9.60. The molecule has 3 nitrogen and oxygen atoms in total. The molecule has 0 saturated carbocycles. The van der Waals surface area contributed by atoms with Gasteiger partial charge in [-0.25, -0.2) is 0 Å². The summed E-state index contributed by atoms with van der Waals surface area (Å²) in [6, 6.07) is 9.86. The van der Waals surface area contributed by atoms with Crippen LogP contribution in [-0.2, 0) is 6.42 Å². The number of benzene rings is 1. The third kappa shape index (κ3) is 3.84. The molecule has 1 heterocycles. The molecular formula is C15H17BrN2OS. The first kappa shape index (κ1) is 15.1. The minimum atomic E-state index is -0.0132. The quantitative estimate of drug-likeness (QED) is 0.858. The van der Waals surface area contributed by atoms with Crippen LogP contribution >= 0.6 is 27.3 Å². The van der Waals surface area contributed by atoms with E-state index in [0.717, 1.165) is 27.0 Å². The topological polar surface area (TPSA) is 41.1 Å². The van der Waals surface area contributed by atoms with Gasteiger partial charge in [-0.15, -0.1) is 11.3 Å². The van der Waals surface area contributed by atoms with Crippen molar-refractivity contribution in [2.75, 3.05) is 18.9 Å². The van der Waals surface area contributed by atoms with Crippen molar-refractivity contribution in [1.29, 1.82) is 0 Å². The van der Waals surface area contributed by atoms with Crippen molar-refractivity contribution in [2.24, 2.45) is 0 Å². The largest absolute Gasteiger partial charge is 0.388 e. The molecule has 1 aromatic heterocycles. The predicted molar refractivity (Wildman–Crippen MR) is 88.8 cm³/mol. The summed E-state index contributed by atoms with van der Waals surface area (Å²) in [4.78, 5) is 13.4. The van der Waals surface area contributed by atoms with E-state index in [9.17, 15) is 4.79 Å². The lowest BCUT2D eigenvalue weighted by molar-refractivity contribution is 0.0953. The highest BCUT2D eigenvalue weighted by Crippen LogP contribution is 2.22. The van der Waals surface area contributed by atoms with Gasteiger partial charge in [0.15, 0.2) is 0 Å². The number of anilines is 1. The molecule has 0 spiro atoms. The van der Waals surface area contributed by atoms with Crippen LogP contribution in [0.3, 0.4) is 0 Å². The highest BCUT2D eigenvalue weighted by atomic mass is 79.9. The smallest absolute Gasteiger partial charge is 0.251 e. The fraction of sp³-hybridized carbons (Fsp3) is 0.267. The Morgan fingerprint density at radius 2 is 2.10 bits per heavy atom. The van der Waals surface area contributed by atoms with Gasteiger partial charge in [0.25, 0.3) is 5.91 Å². The molecule has 0 radical (unpaired) electrons. The molecule has 0 fully saturated rings. The second kappa shape index (κ2) is 6.90. The van der Waals surface area contributed by atoms with Crippen LogP contribution < -0.4 is 10.6 Å². The molecule has 2 N–H and O–H groups in total. The van der Waals surface area contributed by atoms with Gasteiger partial charge in [0.05, 0.1) is 3.79 Å². The average Bonchev–Trinajstić information content (AvgIpc) is 2.84. The number of hydrogen-bond donors (Lipinski definition) is 2. The van der Waals surface area contributed by atoms with Gasteiger partial charge in [-0.3, -0.25) is 4.79 Å². The number of halogens is 1. The van der Waals surface area contributed by atoms with Crippen LogP contribution in [0.2, 0.25) is 0 Å². The lowest BCUT2D eigenvalue weighted by Gasteiger charge is -2.09. The monoisotopic (exact) mass is 352 g/mol. The number of rotatable bonds is 5. The van der Waals surface area contributed by atoms with E-state index in [0.29, 0.717) is 6.54 Å².